The van der Waals surface area contributed by atoms with Crippen LogP contribution < -0.4 is 11.1 Å². The maximum Gasteiger partial charge on any atom is 0.264 e. The van der Waals surface area contributed by atoms with Gasteiger partial charge >= 0.3 is 0 Å². The topological polar surface area (TPSA) is 38.0 Å². The molecule has 3 N–H and O–H groups in total. The van der Waals surface area contributed by atoms with Crippen LogP contribution in [0.3, 0.4) is 0 Å². The number of halogens is 2. The van der Waals surface area contributed by atoms with Crippen molar-refractivity contribution in [1.29, 1.82) is 0 Å². The number of nitrogens with two attached hydrogens (primary N) is 1. The van der Waals surface area contributed by atoms with Gasteiger partial charge in [0.1, 0.15) is 0 Å². The summed E-state index contributed by atoms with van der Waals surface area (Å²) in [6.45, 7) is 1.60. The summed E-state index contributed by atoms with van der Waals surface area (Å²) in [5, 5.41) is 6.78. The summed E-state index contributed by atoms with van der Waals surface area (Å²) >= 11 is 1.36. The molecule has 0 spiro atoms. The summed E-state index contributed by atoms with van der Waals surface area (Å²) in [6, 6.07) is 0.0966. The number of nitrogens with one attached hydrogen (secondary N) is 1. The third kappa shape index (κ3) is 3.03. The van der Waals surface area contributed by atoms with Gasteiger partial charge in [-0.25, -0.2) is 8.78 Å². The molecule has 2 nitrogen and oxygen atoms in total. The first kappa shape index (κ1) is 12.9. The molecule has 1 aliphatic heterocycles. The smallest absolute Gasteiger partial charge is 0.264 e. The first-order valence-electron chi connectivity index (χ1n) is 6.00. The van der Waals surface area contributed by atoms with Gasteiger partial charge in [-0.2, -0.15) is 11.3 Å². The Labute approximate surface area is 104 Å². The molecule has 1 aromatic rings. The van der Waals surface area contributed by atoms with E-state index in [1.807, 2.05) is 5.38 Å². The minimum Gasteiger partial charge on any atom is -0.330 e. The summed E-state index contributed by atoms with van der Waals surface area (Å²) in [7, 11) is 0. The normalized spacial score (nSPS) is 25.4. The molecule has 2 heterocycles. The Morgan fingerprint density at radius 3 is 2.82 bits per heavy atom. The van der Waals surface area contributed by atoms with E-state index in [0.29, 0.717) is 12.5 Å². The van der Waals surface area contributed by atoms with E-state index in [0.717, 1.165) is 31.4 Å². The Balaban J connectivity index is 1.98. The summed E-state index contributed by atoms with van der Waals surface area (Å²) in [4.78, 5) is 0. The van der Waals surface area contributed by atoms with Crippen LogP contribution in [-0.4, -0.2) is 13.1 Å². The van der Waals surface area contributed by atoms with Gasteiger partial charge in [0.05, 0.1) is 0 Å². The van der Waals surface area contributed by atoms with Crippen molar-refractivity contribution in [2.24, 2.45) is 11.7 Å². The quantitative estimate of drug-likeness (QED) is 0.873. The second-order valence-electron chi connectivity index (χ2n) is 4.56. The van der Waals surface area contributed by atoms with Crippen molar-refractivity contribution in [2.75, 3.05) is 13.1 Å². The minimum absolute atomic E-state index is 0.0966. The lowest BCUT2D eigenvalue weighted by Crippen LogP contribution is -2.34. The van der Waals surface area contributed by atoms with Crippen LogP contribution >= 0.6 is 11.3 Å². The Morgan fingerprint density at radius 1 is 1.41 bits per heavy atom. The first-order valence-corrected chi connectivity index (χ1v) is 6.94. The van der Waals surface area contributed by atoms with Crippen LogP contribution in [0.1, 0.15) is 42.9 Å². The van der Waals surface area contributed by atoms with Crippen molar-refractivity contribution in [3.8, 4) is 0 Å². The molecule has 1 aromatic heterocycles. The van der Waals surface area contributed by atoms with E-state index in [1.54, 1.807) is 5.38 Å². The molecule has 0 radical (unpaired) electrons. The van der Waals surface area contributed by atoms with Crippen molar-refractivity contribution in [3.63, 3.8) is 0 Å². The molecule has 17 heavy (non-hydrogen) atoms. The molecule has 2 atom stereocenters. The van der Waals surface area contributed by atoms with E-state index in [-0.39, 0.29) is 11.6 Å². The first-order chi connectivity index (χ1) is 8.22. The van der Waals surface area contributed by atoms with Gasteiger partial charge in [0.2, 0.25) is 0 Å². The number of hydrogen-bond acceptors (Lipinski definition) is 3. The minimum atomic E-state index is -2.36. The zero-order valence-corrected chi connectivity index (χ0v) is 10.5. The van der Waals surface area contributed by atoms with Gasteiger partial charge in [-0.1, -0.05) is 0 Å². The molecule has 1 fully saturated rings. The number of piperidine rings is 1. The predicted octanol–water partition coefficient (Wildman–Crippen LogP) is 3.08. The lowest BCUT2D eigenvalue weighted by Gasteiger charge is -2.30. The predicted molar refractivity (Wildman–Crippen MR) is 66.4 cm³/mol. The highest BCUT2D eigenvalue weighted by atomic mass is 32.1. The van der Waals surface area contributed by atoms with Gasteiger partial charge in [-0.15, -0.1) is 0 Å². The van der Waals surface area contributed by atoms with Crippen LogP contribution in [0.5, 0.6) is 0 Å². The van der Waals surface area contributed by atoms with Crippen molar-refractivity contribution >= 4 is 11.3 Å². The molecule has 2 rings (SSSR count). The van der Waals surface area contributed by atoms with Crippen molar-refractivity contribution in [2.45, 2.75) is 31.7 Å². The van der Waals surface area contributed by atoms with Crippen molar-refractivity contribution < 1.29 is 8.78 Å². The lowest BCUT2D eigenvalue weighted by atomic mass is 9.89. The molecule has 0 aromatic carbocycles. The highest BCUT2D eigenvalue weighted by molar-refractivity contribution is 7.08. The van der Waals surface area contributed by atoms with Gasteiger partial charge in [-0.3, -0.25) is 0 Å². The number of rotatable bonds is 4. The average Bonchev–Trinajstić information content (AvgIpc) is 2.79. The fourth-order valence-electron chi connectivity index (χ4n) is 2.44. The Morgan fingerprint density at radius 2 is 2.24 bits per heavy atom. The number of alkyl halides is 2. The molecule has 0 saturated carbocycles. The monoisotopic (exact) mass is 260 g/mol. The Kier molecular flexibility index (Phi) is 4.48. The Hall–Kier alpha value is -0.520. The lowest BCUT2D eigenvalue weighted by molar-refractivity contribution is 0.149. The maximum atomic E-state index is 12.8. The van der Waals surface area contributed by atoms with Crippen LogP contribution in [0.4, 0.5) is 8.78 Å². The number of hydrogen-bond donors (Lipinski definition) is 2. The van der Waals surface area contributed by atoms with Gasteiger partial charge in [-0.05, 0) is 54.6 Å². The van der Waals surface area contributed by atoms with Crippen molar-refractivity contribution in [1.82, 2.24) is 5.32 Å². The van der Waals surface area contributed by atoms with E-state index in [1.165, 1.54) is 11.3 Å². The standard InChI is InChI=1S/C12H18F2N2S/c13-12(14)10-7-17-6-9(10)11-2-1-8(3-4-15)5-16-11/h6-8,11-12,16H,1-5,15H2. The molecular formula is C12H18F2N2S. The van der Waals surface area contributed by atoms with Crippen LogP contribution in [0.15, 0.2) is 10.8 Å². The van der Waals surface area contributed by atoms with E-state index >= 15 is 0 Å². The van der Waals surface area contributed by atoms with E-state index < -0.39 is 6.43 Å². The van der Waals surface area contributed by atoms with E-state index in [2.05, 4.69) is 5.32 Å². The fraction of sp³-hybridized carbons (Fsp3) is 0.667. The van der Waals surface area contributed by atoms with Crippen molar-refractivity contribution in [3.05, 3.63) is 21.9 Å². The molecule has 1 saturated heterocycles. The summed E-state index contributed by atoms with van der Waals surface area (Å²) in [5.74, 6) is 0.602. The average molecular weight is 260 g/mol. The second kappa shape index (κ2) is 5.89. The second-order valence-corrected chi connectivity index (χ2v) is 5.31. The molecule has 0 amide bonds. The summed E-state index contributed by atoms with van der Waals surface area (Å²) in [5.41, 5.74) is 6.51. The molecule has 0 bridgehead atoms. The van der Waals surface area contributed by atoms with Gasteiger partial charge in [0.15, 0.2) is 0 Å². The maximum absolute atomic E-state index is 12.8. The van der Waals surface area contributed by atoms with Gasteiger partial charge < -0.3 is 11.1 Å². The SMILES string of the molecule is NCCC1CCC(c2cscc2C(F)F)NC1. The molecule has 2 unspecified atom stereocenters. The third-order valence-corrected chi connectivity index (χ3v) is 4.21. The van der Waals surface area contributed by atoms with Crippen LogP contribution in [0.25, 0.3) is 0 Å². The van der Waals surface area contributed by atoms with Crippen LogP contribution in [-0.2, 0) is 0 Å². The fourth-order valence-corrected chi connectivity index (χ4v) is 3.34. The largest absolute Gasteiger partial charge is 0.330 e. The van der Waals surface area contributed by atoms with Crippen LogP contribution in [0, 0.1) is 5.92 Å². The Bertz CT molecular complexity index is 346. The van der Waals surface area contributed by atoms with E-state index in [4.69, 9.17) is 5.73 Å². The molecule has 1 aliphatic rings. The van der Waals surface area contributed by atoms with E-state index in [9.17, 15) is 8.78 Å². The molecule has 5 heteroatoms. The summed E-state index contributed by atoms with van der Waals surface area (Å²) in [6.07, 6.45) is 0.666. The zero-order chi connectivity index (χ0) is 12.3. The highest BCUT2D eigenvalue weighted by Gasteiger charge is 2.25. The molecule has 96 valence electrons. The zero-order valence-electron chi connectivity index (χ0n) is 9.66. The molecular weight excluding hydrogens is 242 g/mol. The van der Waals surface area contributed by atoms with Gasteiger partial charge in [0, 0.05) is 11.6 Å². The summed E-state index contributed by atoms with van der Waals surface area (Å²) < 4.78 is 25.6. The highest BCUT2D eigenvalue weighted by Crippen LogP contribution is 2.35. The van der Waals surface area contributed by atoms with Gasteiger partial charge in [0.25, 0.3) is 6.43 Å². The molecule has 0 aliphatic carbocycles. The number of thiophene rings is 1. The third-order valence-electron chi connectivity index (χ3n) is 3.43. The van der Waals surface area contributed by atoms with Crippen LogP contribution in [0.2, 0.25) is 0 Å².